The van der Waals surface area contributed by atoms with E-state index in [0.29, 0.717) is 6.42 Å². The number of halogens is 1. The second kappa shape index (κ2) is 12.1. The molecule has 0 rings (SSSR count). The third-order valence-electron chi connectivity index (χ3n) is 4.91. The van der Waals surface area contributed by atoms with Gasteiger partial charge >= 0.3 is 15.2 Å². The van der Waals surface area contributed by atoms with Gasteiger partial charge in [-0.2, -0.15) is 0 Å². The number of alkyl halides is 1. The van der Waals surface area contributed by atoms with Crippen LogP contribution < -0.4 is 0 Å². The first-order valence-corrected chi connectivity index (χ1v) is 16.8. The van der Waals surface area contributed by atoms with Gasteiger partial charge < -0.3 is 22.5 Å². The van der Waals surface area contributed by atoms with Crippen molar-refractivity contribution in [3.63, 3.8) is 0 Å². The van der Waals surface area contributed by atoms with Crippen molar-refractivity contribution >= 4 is 35.1 Å². The molecule has 0 saturated heterocycles. The predicted octanol–water partition coefficient (Wildman–Crippen LogP) is 7.21. The minimum absolute atomic E-state index is 0.0670. The molecule has 0 N–H and O–H groups in total. The summed E-state index contributed by atoms with van der Waals surface area (Å²) in [5, 5.41) is -2.15. The van der Waals surface area contributed by atoms with Gasteiger partial charge in [-0.05, 0) is 52.2 Å². The Bertz CT molecular complexity index is 531. The summed E-state index contributed by atoms with van der Waals surface area (Å²) in [6.45, 7) is 17.3. The van der Waals surface area contributed by atoms with E-state index in [4.69, 9.17) is 34.1 Å². The molecule has 0 aromatic heterocycles. The lowest BCUT2D eigenvalue weighted by Gasteiger charge is -2.48. The smallest absolute Gasteiger partial charge is 0.373 e. The van der Waals surface area contributed by atoms with Crippen LogP contribution in [0.25, 0.3) is 0 Å². The zero-order chi connectivity index (χ0) is 23.0. The van der Waals surface area contributed by atoms with E-state index in [1.165, 1.54) is 0 Å². The van der Waals surface area contributed by atoms with Crippen LogP contribution in [0.4, 0.5) is 0 Å². The number of rotatable bonds is 15. The zero-order valence-corrected chi connectivity index (χ0v) is 23.1. The average molecular weight is 495 g/mol. The minimum Gasteiger partial charge on any atom is -0.392 e. The van der Waals surface area contributed by atoms with Crippen LogP contribution in [-0.2, 0) is 31.7 Å². The summed E-state index contributed by atoms with van der Waals surface area (Å²) in [7, 11) is -10.8. The number of hydrogen-bond donors (Lipinski definition) is 0. The van der Waals surface area contributed by atoms with Gasteiger partial charge in [-0.15, -0.1) is 11.6 Å². The van der Waals surface area contributed by atoms with Gasteiger partial charge in [0.25, 0.3) is 5.08 Å². The van der Waals surface area contributed by atoms with E-state index in [0.717, 1.165) is 0 Å². The maximum atomic E-state index is 14.2. The average Bonchev–Trinajstić information content (AvgIpc) is 2.58. The maximum Gasteiger partial charge on any atom is 0.373 e. The fourth-order valence-corrected chi connectivity index (χ4v) is 11.3. The fourth-order valence-electron chi connectivity index (χ4n) is 2.60. The molecule has 29 heavy (non-hydrogen) atoms. The third kappa shape index (κ3) is 6.87. The van der Waals surface area contributed by atoms with Crippen molar-refractivity contribution in [2.75, 3.05) is 32.3 Å². The van der Waals surface area contributed by atoms with E-state index in [2.05, 4.69) is 0 Å². The first-order chi connectivity index (χ1) is 13.3. The van der Waals surface area contributed by atoms with E-state index >= 15 is 0 Å². The van der Waals surface area contributed by atoms with Crippen molar-refractivity contribution in [2.24, 2.45) is 0 Å². The Balaban J connectivity index is 7.05. The molecule has 0 radical (unpaired) electrons. The highest BCUT2D eigenvalue weighted by atomic mass is 35.5. The van der Waals surface area contributed by atoms with Crippen molar-refractivity contribution in [3.8, 4) is 0 Å². The monoisotopic (exact) mass is 494 g/mol. The summed E-state index contributed by atoms with van der Waals surface area (Å²) in [4.78, 5) is 0. The van der Waals surface area contributed by atoms with Gasteiger partial charge in [0.1, 0.15) is 0 Å². The van der Waals surface area contributed by atoms with E-state index in [1.807, 2.05) is 33.9 Å². The molecule has 0 atom stereocenters. The molecule has 0 bridgehead atoms. The van der Waals surface area contributed by atoms with Gasteiger partial charge in [-0.25, -0.2) is 0 Å². The summed E-state index contributed by atoms with van der Waals surface area (Å²) in [5.74, 6) is 0.263. The quantitative estimate of drug-likeness (QED) is 0.135. The predicted molar refractivity (Wildman–Crippen MR) is 123 cm³/mol. The van der Waals surface area contributed by atoms with Gasteiger partial charge in [0, 0.05) is 12.3 Å². The molecule has 176 valence electrons. The van der Waals surface area contributed by atoms with Crippen LogP contribution in [0.15, 0.2) is 0 Å². The highest BCUT2D eigenvalue weighted by Crippen LogP contribution is 2.80. The largest absolute Gasteiger partial charge is 0.392 e. The summed E-state index contributed by atoms with van der Waals surface area (Å²) in [5.41, 5.74) is 0. The Morgan fingerprint density at radius 1 is 0.793 bits per heavy atom. The van der Waals surface area contributed by atoms with Gasteiger partial charge in [-0.1, -0.05) is 20.8 Å². The normalized spacial score (nSPS) is 14.4. The van der Waals surface area contributed by atoms with Crippen LogP contribution in [0.1, 0.15) is 61.3 Å². The molecular formula is C18H41ClO7P2Si. The molecule has 0 aromatic rings. The summed E-state index contributed by atoms with van der Waals surface area (Å²) in [6, 6.07) is 0. The molecule has 0 aliphatic heterocycles. The molecule has 0 aromatic carbocycles. The highest BCUT2D eigenvalue weighted by Gasteiger charge is 2.68. The lowest BCUT2D eigenvalue weighted by atomic mass is 10.2. The number of hydrogen-bond acceptors (Lipinski definition) is 7. The van der Waals surface area contributed by atoms with Gasteiger partial charge in [0.05, 0.1) is 26.4 Å². The Kier molecular flexibility index (Phi) is 12.4. The van der Waals surface area contributed by atoms with Crippen molar-refractivity contribution in [3.05, 3.63) is 0 Å². The molecular weight excluding hydrogens is 454 g/mol. The molecule has 0 aliphatic carbocycles. The Morgan fingerprint density at radius 3 is 1.38 bits per heavy atom. The van der Waals surface area contributed by atoms with Crippen LogP contribution in [0.3, 0.4) is 0 Å². The summed E-state index contributed by atoms with van der Waals surface area (Å²) >= 11 is 5.99. The van der Waals surface area contributed by atoms with Crippen LogP contribution in [0.2, 0.25) is 18.1 Å². The van der Waals surface area contributed by atoms with Crippen molar-refractivity contribution in [1.82, 2.24) is 0 Å². The standard InChI is InChI=1S/C18H41ClO7P2Si/c1-10-22-27(20,23-11-2)18(15-14-16-19,26-29(8,9)17(5,6)7)28(21,24-12-3)25-13-4/h10-16H2,1-9H3. The van der Waals surface area contributed by atoms with Gasteiger partial charge in [0.2, 0.25) is 0 Å². The molecule has 7 nitrogen and oxygen atoms in total. The molecule has 0 saturated carbocycles. The van der Waals surface area contributed by atoms with Crippen LogP contribution in [0, 0.1) is 0 Å². The molecule has 0 heterocycles. The second-order valence-corrected chi connectivity index (χ2v) is 18.0. The van der Waals surface area contributed by atoms with Crippen molar-refractivity contribution in [2.45, 2.75) is 84.5 Å². The third-order valence-corrected chi connectivity index (χ3v) is 16.2. The summed E-state index contributed by atoms with van der Waals surface area (Å²) < 4.78 is 57.9. The fraction of sp³-hybridized carbons (Fsp3) is 1.00. The highest BCUT2D eigenvalue weighted by molar-refractivity contribution is 7.74. The van der Waals surface area contributed by atoms with E-state index < -0.39 is 28.6 Å². The Morgan fingerprint density at radius 2 is 1.14 bits per heavy atom. The van der Waals surface area contributed by atoms with Crippen molar-refractivity contribution in [1.29, 1.82) is 0 Å². The molecule has 0 fully saturated rings. The Hall–Kier alpha value is 0.767. The zero-order valence-electron chi connectivity index (χ0n) is 19.6. The first kappa shape index (κ1) is 29.8. The SMILES string of the molecule is CCOP(=O)(OCC)C(CCCCl)(O[Si](C)(C)C(C)(C)C)P(=O)(OCC)OCC. The molecule has 0 spiro atoms. The van der Waals surface area contributed by atoms with Crippen LogP contribution >= 0.6 is 26.8 Å². The van der Waals surface area contributed by atoms with Crippen LogP contribution in [0.5, 0.6) is 0 Å². The van der Waals surface area contributed by atoms with E-state index in [1.54, 1.807) is 27.7 Å². The molecule has 0 amide bonds. The van der Waals surface area contributed by atoms with E-state index in [9.17, 15) is 9.13 Å². The van der Waals surface area contributed by atoms with Crippen molar-refractivity contribution < 1.29 is 31.7 Å². The van der Waals surface area contributed by atoms with Crippen LogP contribution in [-0.4, -0.2) is 45.7 Å². The molecule has 0 unspecified atom stereocenters. The van der Waals surface area contributed by atoms with Gasteiger partial charge in [-0.3, -0.25) is 9.13 Å². The summed E-state index contributed by atoms with van der Waals surface area (Å²) in [6.07, 6.45) is 0.446. The molecule has 0 aliphatic rings. The Labute approximate surface area is 183 Å². The first-order valence-electron chi connectivity index (χ1n) is 10.3. The minimum atomic E-state index is -4.10. The molecule has 11 heteroatoms. The lowest BCUT2D eigenvalue weighted by molar-refractivity contribution is 0.0834. The lowest BCUT2D eigenvalue weighted by Crippen LogP contribution is -2.50. The van der Waals surface area contributed by atoms with E-state index in [-0.39, 0.29) is 43.8 Å². The second-order valence-electron chi connectivity index (χ2n) is 8.06. The maximum absolute atomic E-state index is 14.2. The van der Waals surface area contributed by atoms with Gasteiger partial charge in [0.15, 0.2) is 8.32 Å². The topological polar surface area (TPSA) is 80.3 Å².